The largest absolute Gasteiger partial charge is 0.494 e. The molecule has 2 aromatic carbocycles. The second-order valence-electron chi connectivity index (χ2n) is 8.34. The van der Waals surface area contributed by atoms with Crippen molar-refractivity contribution in [2.75, 3.05) is 13.2 Å². The van der Waals surface area contributed by atoms with Gasteiger partial charge in [-0.3, -0.25) is 9.69 Å². The summed E-state index contributed by atoms with van der Waals surface area (Å²) >= 11 is 0. The molecule has 0 spiro atoms. The predicted molar refractivity (Wildman–Crippen MR) is 109 cm³/mol. The molecular formula is C23H30N2O2. The Bertz CT molecular complexity index is 778. The Balaban J connectivity index is 1.53. The van der Waals surface area contributed by atoms with Crippen LogP contribution >= 0.6 is 0 Å². The summed E-state index contributed by atoms with van der Waals surface area (Å²) in [7, 11) is 0. The number of nitrogens with zero attached hydrogens (tertiary/aromatic N) is 1. The lowest BCUT2D eigenvalue weighted by atomic mass is 9.87. The van der Waals surface area contributed by atoms with Crippen molar-refractivity contribution in [3.8, 4) is 5.75 Å². The highest BCUT2D eigenvalue weighted by molar-refractivity contribution is 5.80. The molecule has 2 N–H and O–H groups in total. The van der Waals surface area contributed by atoms with Gasteiger partial charge in [-0.25, -0.2) is 0 Å². The van der Waals surface area contributed by atoms with Crippen molar-refractivity contribution in [3.63, 3.8) is 0 Å². The first-order valence-electron chi connectivity index (χ1n) is 9.68. The van der Waals surface area contributed by atoms with Gasteiger partial charge >= 0.3 is 0 Å². The zero-order chi connectivity index (χ0) is 19.4. The number of nitrogens with two attached hydrogens (primary N) is 1. The number of amides is 1. The number of primary amides is 1. The van der Waals surface area contributed by atoms with Gasteiger partial charge < -0.3 is 10.5 Å². The minimum atomic E-state index is -0.247. The molecule has 0 aromatic heterocycles. The van der Waals surface area contributed by atoms with E-state index in [1.54, 1.807) is 0 Å². The van der Waals surface area contributed by atoms with Crippen LogP contribution in [0, 0.1) is 0 Å². The van der Waals surface area contributed by atoms with Gasteiger partial charge in [0.2, 0.25) is 5.91 Å². The van der Waals surface area contributed by atoms with Gasteiger partial charge in [-0.15, -0.1) is 0 Å². The van der Waals surface area contributed by atoms with Crippen LogP contribution in [-0.4, -0.2) is 30.0 Å². The minimum absolute atomic E-state index is 0.146. The molecule has 4 nitrogen and oxygen atoms in total. The molecule has 144 valence electrons. The molecule has 0 bridgehead atoms. The summed E-state index contributed by atoms with van der Waals surface area (Å²) in [5.74, 6) is 0.640. The molecule has 0 saturated heterocycles. The average molecular weight is 367 g/mol. The molecule has 2 aromatic rings. The van der Waals surface area contributed by atoms with Crippen LogP contribution < -0.4 is 10.5 Å². The number of hydrogen-bond donors (Lipinski definition) is 1. The third kappa shape index (κ3) is 4.89. The van der Waals surface area contributed by atoms with E-state index in [2.05, 4.69) is 49.9 Å². The van der Waals surface area contributed by atoms with E-state index in [1.807, 2.05) is 24.3 Å². The van der Waals surface area contributed by atoms with Gasteiger partial charge in [0, 0.05) is 13.1 Å². The topological polar surface area (TPSA) is 55.6 Å². The van der Waals surface area contributed by atoms with Gasteiger partial charge in [0.15, 0.2) is 0 Å². The molecule has 27 heavy (non-hydrogen) atoms. The number of rotatable bonds is 6. The standard InChI is InChI=1S/C23H30N2O2/c1-23(2,3)19-9-11-20(12-10-19)27-14-6-13-25-16-18-8-5-4-7-17(18)15-21(25)22(24)26/h4-5,7-12,21H,6,13-16H2,1-3H3,(H2,24,26). The van der Waals surface area contributed by atoms with E-state index < -0.39 is 0 Å². The second kappa shape index (κ2) is 8.13. The van der Waals surface area contributed by atoms with E-state index in [0.717, 1.165) is 25.3 Å². The Labute approximate surface area is 162 Å². The van der Waals surface area contributed by atoms with Gasteiger partial charge in [0.05, 0.1) is 12.6 Å². The lowest BCUT2D eigenvalue weighted by molar-refractivity contribution is -0.123. The second-order valence-corrected chi connectivity index (χ2v) is 8.34. The van der Waals surface area contributed by atoms with E-state index in [4.69, 9.17) is 10.5 Å². The SMILES string of the molecule is CC(C)(C)c1ccc(OCCCN2Cc3ccccc3CC2C(N)=O)cc1. The van der Waals surface area contributed by atoms with Crippen LogP contribution in [-0.2, 0) is 23.2 Å². The smallest absolute Gasteiger partial charge is 0.235 e. The highest BCUT2D eigenvalue weighted by Gasteiger charge is 2.29. The van der Waals surface area contributed by atoms with Crippen LogP contribution in [0.25, 0.3) is 0 Å². The molecular weight excluding hydrogens is 336 g/mol. The molecule has 0 fully saturated rings. The van der Waals surface area contributed by atoms with Crippen molar-refractivity contribution >= 4 is 5.91 Å². The number of carbonyl (C=O) groups is 1. The molecule has 3 rings (SSSR count). The van der Waals surface area contributed by atoms with Gasteiger partial charge in [-0.1, -0.05) is 57.2 Å². The fourth-order valence-corrected chi connectivity index (χ4v) is 3.60. The Kier molecular flexibility index (Phi) is 5.85. The van der Waals surface area contributed by atoms with Crippen molar-refractivity contribution in [1.82, 2.24) is 4.90 Å². The number of hydrogen-bond acceptors (Lipinski definition) is 3. The number of ether oxygens (including phenoxy) is 1. The monoisotopic (exact) mass is 366 g/mol. The van der Waals surface area contributed by atoms with Gasteiger partial charge in [0.25, 0.3) is 0 Å². The first-order valence-corrected chi connectivity index (χ1v) is 9.68. The number of benzene rings is 2. The normalized spacial score (nSPS) is 17.4. The number of carbonyl (C=O) groups excluding carboxylic acids is 1. The summed E-state index contributed by atoms with van der Waals surface area (Å²) in [5.41, 5.74) is 9.61. The Hall–Kier alpha value is -2.33. The van der Waals surface area contributed by atoms with Crippen molar-refractivity contribution in [2.24, 2.45) is 5.73 Å². The molecule has 1 aliphatic heterocycles. The summed E-state index contributed by atoms with van der Waals surface area (Å²) in [6.45, 7) is 8.79. The summed E-state index contributed by atoms with van der Waals surface area (Å²) in [5, 5.41) is 0. The Morgan fingerprint density at radius 2 is 1.78 bits per heavy atom. The first-order chi connectivity index (χ1) is 12.8. The summed E-state index contributed by atoms with van der Waals surface area (Å²) in [4.78, 5) is 14.1. The summed E-state index contributed by atoms with van der Waals surface area (Å²) in [6.07, 6.45) is 1.55. The predicted octanol–water partition coefficient (Wildman–Crippen LogP) is 3.67. The lowest BCUT2D eigenvalue weighted by Gasteiger charge is -2.35. The van der Waals surface area contributed by atoms with Crippen LogP contribution in [0.3, 0.4) is 0 Å². The molecule has 1 aliphatic rings. The minimum Gasteiger partial charge on any atom is -0.494 e. The van der Waals surface area contributed by atoms with Gasteiger partial charge in [0.1, 0.15) is 5.75 Å². The maximum absolute atomic E-state index is 11.9. The molecule has 0 aliphatic carbocycles. The van der Waals surface area contributed by atoms with Crippen LogP contribution in [0.1, 0.15) is 43.9 Å². The van der Waals surface area contributed by atoms with Crippen LogP contribution in [0.5, 0.6) is 5.75 Å². The molecule has 1 unspecified atom stereocenters. The van der Waals surface area contributed by atoms with E-state index in [1.165, 1.54) is 16.7 Å². The number of fused-ring (bicyclic) bond motifs is 1. The quantitative estimate of drug-likeness (QED) is 0.794. The lowest BCUT2D eigenvalue weighted by Crippen LogP contribution is -2.49. The molecule has 0 saturated carbocycles. The maximum atomic E-state index is 11.9. The summed E-state index contributed by atoms with van der Waals surface area (Å²) < 4.78 is 5.89. The van der Waals surface area contributed by atoms with Gasteiger partial charge in [-0.2, -0.15) is 0 Å². The molecule has 4 heteroatoms. The van der Waals surface area contributed by atoms with E-state index in [9.17, 15) is 4.79 Å². The fourth-order valence-electron chi connectivity index (χ4n) is 3.60. The zero-order valence-corrected chi connectivity index (χ0v) is 16.6. The van der Waals surface area contributed by atoms with Crippen LogP contribution in [0.4, 0.5) is 0 Å². The maximum Gasteiger partial charge on any atom is 0.235 e. The van der Waals surface area contributed by atoms with Crippen molar-refractivity contribution in [3.05, 3.63) is 65.2 Å². The fraction of sp³-hybridized carbons (Fsp3) is 0.435. The van der Waals surface area contributed by atoms with Crippen molar-refractivity contribution < 1.29 is 9.53 Å². The molecule has 1 atom stereocenters. The van der Waals surface area contributed by atoms with E-state index in [0.29, 0.717) is 13.0 Å². The average Bonchev–Trinajstić information content (AvgIpc) is 2.64. The highest BCUT2D eigenvalue weighted by atomic mass is 16.5. The molecule has 0 radical (unpaired) electrons. The third-order valence-corrected chi connectivity index (χ3v) is 5.25. The van der Waals surface area contributed by atoms with Crippen LogP contribution in [0.2, 0.25) is 0 Å². The van der Waals surface area contributed by atoms with Crippen molar-refractivity contribution in [1.29, 1.82) is 0 Å². The zero-order valence-electron chi connectivity index (χ0n) is 16.6. The molecule has 1 heterocycles. The first kappa shape index (κ1) is 19.4. The Morgan fingerprint density at radius 3 is 2.41 bits per heavy atom. The van der Waals surface area contributed by atoms with Gasteiger partial charge in [-0.05, 0) is 47.1 Å². The van der Waals surface area contributed by atoms with E-state index >= 15 is 0 Å². The van der Waals surface area contributed by atoms with Crippen molar-refractivity contribution in [2.45, 2.75) is 51.6 Å². The summed E-state index contributed by atoms with van der Waals surface area (Å²) in [6, 6.07) is 16.4. The third-order valence-electron chi connectivity index (χ3n) is 5.25. The van der Waals surface area contributed by atoms with Crippen LogP contribution in [0.15, 0.2) is 48.5 Å². The van der Waals surface area contributed by atoms with E-state index in [-0.39, 0.29) is 17.4 Å². The molecule has 1 amide bonds. The Morgan fingerprint density at radius 1 is 1.11 bits per heavy atom. The highest BCUT2D eigenvalue weighted by Crippen LogP contribution is 2.25.